The van der Waals surface area contributed by atoms with E-state index in [2.05, 4.69) is 9.72 Å². The Bertz CT molecular complexity index is 1150. The Hall–Kier alpha value is -3.06. The van der Waals surface area contributed by atoms with Gasteiger partial charge in [-0.15, -0.1) is 13.2 Å². The summed E-state index contributed by atoms with van der Waals surface area (Å²) in [5.74, 6) is -0.715. The first kappa shape index (κ1) is 23.6. The highest BCUT2D eigenvalue weighted by molar-refractivity contribution is 6.29. The molecule has 4 nitrogen and oxygen atoms in total. The van der Waals surface area contributed by atoms with Crippen molar-refractivity contribution in [3.05, 3.63) is 77.1 Å². The molecular formula is C24H22ClF3N2O2. The number of hydrogen-bond donors (Lipinski definition) is 0. The molecule has 0 aliphatic carbocycles. The van der Waals surface area contributed by atoms with Gasteiger partial charge >= 0.3 is 6.36 Å². The number of anilines is 1. The molecule has 0 saturated heterocycles. The van der Waals surface area contributed by atoms with Gasteiger partial charge in [-0.1, -0.05) is 48.0 Å². The van der Waals surface area contributed by atoms with Gasteiger partial charge in [-0.25, -0.2) is 4.98 Å². The van der Waals surface area contributed by atoms with Gasteiger partial charge in [0.25, 0.3) is 0 Å². The fraction of sp³-hybridized carbons (Fsp3) is 0.250. The number of aryl methyl sites for hydroxylation is 1. The monoisotopic (exact) mass is 462 g/mol. The first-order valence-corrected chi connectivity index (χ1v) is 10.1. The van der Waals surface area contributed by atoms with Crippen molar-refractivity contribution in [2.45, 2.75) is 32.5 Å². The van der Waals surface area contributed by atoms with Crippen LogP contribution in [0.2, 0.25) is 5.15 Å². The number of benzene rings is 2. The normalized spacial score (nSPS) is 11.9. The van der Waals surface area contributed by atoms with E-state index < -0.39 is 11.8 Å². The van der Waals surface area contributed by atoms with E-state index in [4.69, 9.17) is 11.6 Å². The van der Waals surface area contributed by atoms with Gasteiger partial charge in [0.2, 0.25) is 5.91 Å². The van der Waals surface area contributed by atoms with Crippen LogP contribution in [0.3, 0.4) is 0 Å². The average molecular weight is 463 g/mol. The lowest BCUT2D eigenvalue weighted by atomic mass is 9.83. The van der Waals surface area contributed by atoms with E-state index in [1.807, 2.05) is 31.2 Å². The number of ether oxygens (including phenoxy) is 1. The summed E-state index contributed by atoms with van der Waals surface area (Å²) >= 11 is 6.14. The first-order valence-electron chi connectivity index (χ1n) is 9.76. The molecule has 0 atom stereocenters. The summed E-state index contributed by atoms with van der Waals surface area (Å²) in [7, 11) is 1.60. The number of halogens is 4. The minimum Gasteiger partial charge on any atom is -0.406 e. The number of amides is 1. The van der Waals surface area contributed by atoms with Crippen molar-refractivity contribution in [1.82, 2.24) is 4.98 Å². The number of rotatable bonds is 5. The average Bonchev–Trinajstić information content (AvgIpc) is 2.72. The maximum Gasteiger partial charge on any atom is 0.573 e. The Kier molecular flexibility index (Phi) is 6.51. The maximum absolute atomic E-state index is 13.5. The molecule has 1 amide bonds. The van der Waals surface area contributed by atoms with E-state index in [9.17, 15) is 18.0 Å². The molecule has 3 aromatic rings. The molecule has 0 unspecified atom stereocenters. The standard InChI is InChI=1S/C24H22ClF3N2O2/c1-15-8-5-6-11-18(15)19-13-21(25)29-14-20(19)30(4)22(31)23(2,3)16-9-7-10-17(12-16)32-24(26,27)28/h5-14H,1-4H3. The summed E-state index contributed by atoms with van der Waals surface area (Å²) in [6.45, 7) is 5.25. The second-order valence-corrected chi connectivity index (χ2v) is 8.29. The number of aromatic nitrogens is 1. The number of nitrogens with zero attached hydrogens (tertiary/aromatic N) is 2. The molecule has 8 heteroatoms. The van der Waals surface area contributed by atoms with Gasteiger partial charge in [-0.2, -0.15) is 0 Å². The fourth-order valence-corrected chi connectivity index (χ4v) is 3.67. The van der Waals surface area contributed by atoms with Crippen molar-refractivity contribution in [3.8, 4) is 16.9 Å². The third-order valence-electron chi connectivity index (χ3n) is 5.27. The van der Waals surface area contributed by atoms with E-state index in [1.165, 1.54) is 29.3 Å². The number of pyridine rings is 1. The molecule has 32 heavy (non-hydrogen) atoms. The van der Waals surface area contributed by atoms with Crippen molar-refractivity contribution in [3.63, 3.8) is 0 Å². The van der Waals surface area contributed by atoms with Crippen LogP contribution in [0.25, 0.3) is 11.1 Å². The number of alkyl halides is 3. The topological polar surface area (TPSA) is 42.4 Å². The molecule has 1 heterocycles. The van der Waals surface area contributed by atoms with Crippen LogP contribution in [0.1, 0.15) is 25.0 Å². The highest BCUT2D eigenvalue weighted by atomic mass is 35.5. The van der Waals surface area contributed by atoms with E-state index >= 15 is 0 Å². The zero-order valence-corrected chi connectivity index (χ0v) is 18.8. The predicted molar refractivity (Wildman–Crippen MR) is 119 cm³/mol. The molecule has 0 N–H and O–H groups in total. The van der Waals surface area contributed by atoms with Crippen molar-refractivity contribution in [2.75, 3.05) is 11.9 Å². The van der Waals surface area contributed by atoms with Crippen LogP contribution in [0.4, 0.5) is 18.9 Å². The number of hydrogen-bond acceptors (Lipinski definition) is 3. The van der Waals surface area contributed by atoms with Crippen LogP contribution in [0.15, 0.2) is 60.8 Å². The number of carbonyl (C=O) groups is 1. The lowest BCUT2D eigenvalue weighted by Crippen LogP contribution is -2.41. The zero-order chi connectivity index (χ0) is 23.7. The smallest absolute Gasteiger partial charge is 0.406 e. The Labute approximate surface area is 189 Å². The third-order valence-corrected chi connectivity index (χ3v) is 5.48. The van der Waals surface area contributed by atoms with Gasteiger partial charge in [-0.3, -0.25) is 4.79 Å². The highest BCUT2D eigenvalue weighted by Crippen LogP contribution is 2.37. The Morgan fingerprint density at radius 1 is 1.03 bits per heavy atom. The maximum atomic E-state index is 13.5. The van der Waals surface area contributed by atoms with Crippen LogP contribution in [-0.4, -0.2) is 24.3 Å². The molecule has 0 bridgehead atoms. The Morgan fingerprint density at radius 3 is 2.38 bits per heavy atom. The van der Waals surface area contributed by atoms with Crippen molar-refractivity contribution in [2.24, 2.45) is 0 Å². The van der Waals surface area contributed by atoms with E-state index in [1.54, 1.807) is 33.0 Å². The Morgan fingerprint density at radius 2 is 1.72 bits per heavy atom. The predicted octanol–water partition coefficient (Wildman–Crippen LogP) is 6.55. The summed E-state index contributed by atoms with van der Waals surface area (Å²) in [6, 6.07) is 14.8. The second-order valence-electron chi connectivity index (χ2n) is 7.90. The molecular weight excluding hydrogens is 441 g/mol. The summed E-state index contributed by atoms with van der Waals surface area (Å²) in [6.07, 6.45) is -3.30. The van der Waals surface area contributed by atoms with Crippen molar-refractivity contribution in [1.29, 1.82) is 0 Å². The molecule has 2 aromatic carbocycles. The molecule has 0 saturated carbocycles. The van der Waals surface area contributed by atoms with Crippen LogP contribution < -0.4 is 9.64 Å². The number of carbonyl (C=O) groups excluding carboxylic acids is 1. The highest BCUT2D eigenvalue weighted by Gasteiger charge is 2.36. The minimum absolute atomic E-state index is 0.282. The molecule has 1 aromatic heterocycles. The van der Waals surface area contributed by atoms with Crippen LogP contribution in [0, 0.1) is 6.92 Å². The molecule has 168 valence electrons. The molecule has 0 fully saturated rings. The van der Waals surface area contributed by atoms with Gasteiger partial charge in [0.1, 0.15) is 10.9 Å². The summed E-state index contributed by atoms with van der Waals surface area (Å²) in [5.41, 5.74) is 2.38. The van der Waals surface area contributed by atoms with Crippen LogP contribution in [-0.2, 0) is 10.2 Å². The van der Waals surface area contributed by atoms with E-state index in [0.717, 1.165) is 16.7 Å². The van der Waals surface area contributed by atoms with Gasteiger partial charge in [-0.05, 0) is 55.7 Å². The summed E-state index contributed by atoms with van der Waals surface area (Å²) < 4.78 is 41.9. The summed E-state index contributed by atoms with van der Waals surface area (Å²) in [4.78, 5) is 19.1. The number of likely N-dealkylation sites (N-methyl/N-ethyl adjacent to an activating group) is 1. The van der Waals surface area contributed by atoms with E-state index in [-0.39, 0.29) is 16.8 Å². The fourth-order valence-electron chi connectivity index (χ4n) is 3.51. The van der Waals surface area contributed by atoms with Gasteiger partial charge < -0.3 is 9.64 Å². The van der Waals surface area contributed by atoms with E-state index in [0.29, 0.717) is 11.3 Å². The lowest BCUT2D eigenvalue weighted by molar-refractivity contribution is -0.274. The van der Waals surface area contributed by atoms with Crippen molar-refractivity contribution < 1.29 is 22.7 Å². The molecule has 0 spiro atoms. The Balaban J connectivity index is 2.00. The minimum atomic E-state index is -4.82. The van der Waals surface area contributed by atoms with Gasteiger partial charge in [0.15, 0.2) is 0 Å². The van der Waals surface area contributed by atoms with Gasteiger partial charge in [0, 0.05) is 12.6 Å². The first-order chi connectivity index (χ1) is 14.9. The zero-order valence-electron chi connectivity index (χ0n) is 18.0. The SMILES string of the molecule is Cc1ccccc1-c1cc(Cl)ncc1N(C)C(=O)C(C)(C)c1cccc(OC(F)(F)F)c1. The second kappa shape index (κ2) is 8.82. The van der Waals surface area contributed by atoms with Gasteiger partial charge in [0.05, 0.1) is 17.3 Å². The third kappa shape index (κ3) is 5.05. The van der Waals surface area contributed by atoms with Crippen LogP contribution >= 0.6 is 11.6 Å². The molecule has 0 radical (unpaired) electrons. The van der Waals surface area contributed by atoms with Crippen molar-refractivity contribution >= 4 is 23.2 Å². The quantitative estimate of drug-likeness (QED) is 0.404. The lowest BCUT2D eigenvalue weighted by Gasteiger charge is -2.31. The van der Waals surface area contributed by atoms with Crippen LogP contribution in [0.5, 0.6) is 5.75 Å². The summed E-state index contributed by atoms with van der Waals surface area (Å²) in [5, 5.41) is 0.282. The molecule has 3 rings (SSSR count). The molecule has 0 aliphatic heterocycles. The largest absolute Gasteiger partial charge is 0.573 e. The molecule has 0 aliphatic rings.